The van der Waals surface area contributed by atoms with Crippen molar-refractivity contribution in [2.24, 2.45) is 4.99 Å². The summed E-state index contributed by atoms with van der Waals surface area (Å²) in [5.74, 6) is 1.77. The normalized spacial score (nSPS) is 14.0. The lowest BCUT2D eigenvalue weighted by Crippen LogP contribution is -1.97. The summed E-state index contributed by atoms with van der Waals surface area (Å²) in [6.07, 6.45) is 11.3. The van der Waals surface area contributed by atoms with Gasteiger partial charge in [-0.05, 0) is 74.6 Å². The lowest BCUT2D eigenvalue weighted by molar-refractivity contribution is 0.222. The number of H-pyrrole nitrogens is 2. The third-order valence-electron chi connectivity index (χ3n) is 5.26. The van der Waals surface area contributed by atoms with Crippen LogP contribution in [0.1, 0.15) is 49.7 Å². The van der Waals surface area contributed by atoms with Crippen LogP contribution in [0.5, 0.6) is 5.75 Å². The van der Waals surface area contributed by atoms with Crippen LogP contribution in [0, 0.1) is 0 Å². The molecule has 0 unspecified atom stereocenters. The van der Waals surface area contributed by atoms with E-state index in [0.717, 1.165) is 73.0 Å². The number of aromatic nitrogens is 2. The van der Waals surface area contributed by atoms with E-state index in [1.807, 2.05) is 54.7 Å². The fourth-order valence-corrected chi connectivity index (χ4v) is 3.61. The molecule has 0 amide bonds. The molecule has 0 radical (unpaired) electrons. The second kappa shape index (κ2) is 12.8. The van der Waals surface area contributed by atoms with Gasteiger partial charge in [0.2, 0.25) is 0 Å². The lowest BCUT2D eigenvalue weighted by atomic mass is 10.1. The molecule has 0 saturated carbocycles. The number of aryl methyl sites for hydroxylation is 1. The van der Waals surface area contributed by atoms with Gasteiger partial charge < -0.3 is 19.4 Å². The summed E-state index contributed by atoms with van der Waals surface area (Å²) < 4.78 is 11.7. The zero-order valence-electron chi connectivity index (χ0n) is 19.0. The largest absolute Gasteiger partial charge is 0.494 e. The summed E-state index contributed by atoms with van der Waals surface area (Å²) in [6.45, 7) is 3.55. The number of rotatable bonds is 12. The van der Waals surface area contributed by atoms with Crippen LogP contribution in [0.4, 0.5) is 0 Å². The molecule has 2 N–H and O–H groups in total. The number of hydrogen-bond donors (Lipinski definition) is 2. The van der Waals surface area contributed by atoms with Gasteiger partial charge in [-0.2, -0.15) is 0 Å². The standard InChI is InChI=1S/C27H31N3O2.ClH/c1-2-17-32-27-20-25(24-13-9-16-28-24)30-26(27)19-22-15-14-21(29-22)10-5-4-8-18-31-23-11-6-3-7-12-23;/h3,6-7,9,11-16,19-20,28-29H,2,4-5,8,10,17-18H2,1H3;1H. The first-order valence-electron chi connectivity index (χ1n) is 11.5. The molecule has 3 aromatic rings. The fraction of sp³-hybridized carbons (Fsp3) is 0.296. The molecule has 1 aliphatic rings. The molecule has 2 aromatic heterocycles. The van der Waals surface area contributed by atoms with E-state index in [1.54, 1.807) is 0 Å². The summed E-state index contributed by atoms with van der Waals surface area (Å²) in [5, 5.41) is 0. The van der Waals surface area contributed by atoms with Crippen molar-refractivity contribution in [3.05, 3.63) is 95.4 Å². The van der Waals surface area contributed by atoms with Crippen LogP contribution in [0.15, 0.2) is 83.3 Å². The topological polar surface area (TPSA) is 62.4 Å². The first-order chi connectivity index (χ1) is 15.8. The Kier molecular flexibility index (Phi) is 9.45. The van der Waals surface area contributed by atoms with Crippen LogP contribution in [-0.4, -0.2) is 28.9 Å². The van der Waals surface area contributed by atoms with Gasteiger partial charge in [0, 0.05) is 23.7 Å². The Bertz CT molecular complexity index is 1070. The Morgan fingerprint density at radius 3 is 2.58 bits per heavy atom. The van der Waals surface area contributed by atoms with E-state index < -0.39 is 0 Å². The molecular formula is C27H32ClN3O2. The summed E-state index contributed by atoms with van der Waals surface area (Å²) in [4.78, 5) is 11.5. The smallest absolute Gasteiger partial charge is 0.147 e. The van der Waals surface area contributed by atoms with Gasteiger partial charge >= 0.3 is 0 Å². The average Bonchev–Trinajstić information content (AvgIpc) is 3.57. The predicted molar refractivity (Wildman–Crippen MR) is 137 cm³/mol. The van der Waals surface area contributed by atoms with Gasteiger partial charge in [-0.15, -0.1) is 12.4 Å². The fourth-order valence-electron chi connectivity index (χ4n) is 3.61. The van der Waals surface area contributed by atoms with Gasteiger partial charge in [0.1, 0.15) is 17.2 Å². The van der Waals surface area contributed by atoms with Crippen molar-refractivity contribution in [3.8, 4) is 5.75 Å². The van der Waals surface area contributed by atoms with Crippen molar-refractivity contribution in [2.75, 3.05) is 13.2 Å². The SMILES string of the molecule is CCCOC1=CC(c2ccc[nH]2)=NC1=Cc1ccc(CCCCCOc2ccccc2)[nH]1.Cl. The van der Waals surface area contributed by atoms with E-state index in [-0.39, 0.29) is 12.4 Å². The van der Waals surface area contributed by atoms with Crippen LogP contribution in [0.2, 0.25) is 0 Å². The minimum absolute atomic E-state index is 0. The van der Waals surface area contributed by atoms with Crippen molar-refractivity contribution in [2.45, 2.75) is 39.0 Å². The Labute approximate surface area is 202 Å². The summed E-state index contributed by atoms with van der Waals surface area (Å²) >= 11 is 0. The molecule has 5 nitrogen and oxygen atoms in total. The van der Waals surface area contributed by atoms with Crippen LogP contribution in [-0.2, 0) is 11.2 Å². The Balaban J connectivity index is 0.00000306. The summed E-state index contributed by atoms with van der Waals surface area (Å²) in [5.41, 5.74) is 5.04. The molecule has 1 aromatic carbocycles. The molecule has 174 valence electrons. The molecular weight excluding hydrogens is 434 g/mol. The van der Waals surface area contributed by atoms with E-state index in [0.29, 0.717) is 6.61 Å². The molecule has 0 atom stereocenters. The first kappa shape index (κ1) is 24.5. The van der Waals surface area contributed by atoms with Crippen molar-refractivity contribution in [1.29, 1.82) is 0 Å². The number of aliphatic imine (C=N–C) groups is 1. The molecule has 6 heteroatoms. The van der Waals surface area contributed by atoms with Crippen molar-refractivity contribution in [3.63, 3.8) is 0 Å². The van der Waals surface area contributed by atoms with Gasteiger partial charge in [0.05, 0.1) is 24.6 Å². The highest BCUT2D eigenvalue weighted by atomic mass is 35.5. The second-order valence-corrected chi connectivity index (χ2v) is 7.88. The number of para-hydroxylation sites is 1. The number of nitrogens with one attached hydrogen (secondary N) is 2. The van der Waals surface area contributed by atoms with Crippen molar-refractivity contribution >= 4 is 24.2 Å². The zero-order valence-corrected chi connectivity index (χ0v) is 19.9. The van der Waals surface area contributed by atoms with E-state index in [9.17, 15) is 0 Å². The lowest BCUT2D eigenvalue weighted by Gasteiger charge is -2.06. The maximum Gasteiger partial charge on any atom is 0.147 e. The highest BCUT2D eigenvalue weighted by molar-refractivity contribution is 6.11. The van der Waals surface area contributed by atoms with Crippen LogP contribution < -0.4 is 4.74 Å². The van der Waals surface area contributed by atoms with Gasteiger partial charge in [0.15, 0.2) is 0 Å². The number of nitrogens with zero attached hydrogens (tertiary/aromatic N) is 1. The van der Waals surface area contributed by atoms with Gasteiger partial charge in [-0.3, -0.25) is 0 Å². The molecule has 4 rings (SSSR count). The highest BCUT2D eigenvalue weighted by Crippen LogP contribution is 2.25. The zero-order chi connectivity index (χ0) is 22.0. The van der Waals surface area contributed by atoms with E-state index >= 15 is 0 Å². The Hall–Kier alpha value is -3.18. The molecule has 3 heterocycles. The predicted octanol–water partition coefficient (Wildman–Crippen LogP) is 6.71. The van der Waals surface area contributed by atoms with E-state index in [1.165, 1.54) is 5.69 Å². The number of benzene rings is 1. The van der Waals surface area contributed by atoms with Crippen molar-refractivity contribution < 1.29 is 9.47 Å². The number of allylic oxidation sites excluding steroid dienone is 1. The van der Waals surface area contributed by atoms with Gasteiger partial charge in [-0.1, -0.05) is 25.1 Å². The maximum absolute atomic E-state index is 5.95. The molecule has 0 aliphatic carbocycles. The van der Waals surface area contributed by atoms with Gasteiger partial charge in [-0.25, -0.2) is 4.99 Å². The second-order valence-electron chi connectivity index (χ2n) is 7.88. The van der Waals surface area contributed by atoms with Crippen LogP contribution >= 0.6 is 12.4 Å². The van der Waals surface area contributed by atoms with E-state index in [4.69, 9.17) is 14.5 Å². The molecule has 0 bridgehead atoms. The minimum Gasteiger partial charge on any atom is -0.494 e. The van der Waals surface area contributed by atoms with E-state index in [2.05, 4.69) is 35.1 Å². The number of halogens is 1. The molecule has 0 spiro atoms. The Morgan fingerprint density at radius 1 is 0.909 bits per heavy atom. The maximum atomic E-state index is 5.95. The van der Waals surface area contributed by atoms with Crippen LogP contribution in [0.25, 0.3) is 6.08 Å². The summed E-state index contributed by atoms with van der Waals surface area (Å²) in [6, 6.07) is 18.3. The van der Waals surface area contributed by atoms with Gasteiger partial charge in [0.25, 0.3) is 0 Å². The van der Waals surface area contributed by atoms with Crippen molar-refractivity contribution in [1.82, 2.24) is 9.97 Å². The monoisotopic (exact) mass is 465 g/mol. The number of ether oxygens (including phenoxy) is 2. The molecule has 1 aliphatic heterocycles. The molecule has 0 saturated heterocycles. The first-order valence-corrected chi connectivity index (χ1v) is 11.5. The Morgan fingerprint density at radius 2 is 1.79 bits per heavy atom. The summed E-state index contributed by atoms with van der Waals surface area (Å²) in [7, 11) is 0. The number of unbranched alkanes of at least 4 members (excludes halogenated alkanes) is 2. The molecule has 33 heavy (non-hydrogen) atoms. The minimum atomic E-state index is 0. The third kappa shape index (κ3) is 7.16. The van der Waals surface area contributed by atoms with Crippen LogP contribution in [0.3, 0.4) is 0 Å². The highest BCUT2D eigenvalue weighted by Gasteiger charge is 2.18. The quantitative estimate of drug-likeness (QED) is 0.292. The number of hydrogen-bond acceptors (Lipinski definition) is 3. The molecule has 0 fully saturated rings. The average molecular weight is 466 g/mol. The third-order valence-corrected chi connectivity index (χ3v) is 5.26. The number of aromatic amines is 2.